The highest BCUT2D eigenvalue weighted by atomic mass is 16.5. The van der Waals surface area contributed by atoms with Crippen molar-refractivity contribution in [2.45, 2.75) is 31.9 Å². The number of methoxy groups -OCH3 is 2. The Bertz CT molecular complexity index is 1820. The van der Waals surface area contributed by atoms with Crippen molar-refractivity contribution < 1.29 is 24.1 Å². The molecule has 43 heavy (non-hydrogen) atoms. The Morgan fingerprint density at radius 3 is 2.42 bits per heavy atom. The second-order valence-electron chi connectivity index (χ2n) is 11.3. The molecule has 0 radical (unpaired) electrons. The van der Waals surface area contributed by atoms with Gasteiger partial charge in [-0.05, 0) is 95.6 Å². The number of likely N-dealkylation sites (N-methyl/N-ethyl adjacent to an activating group) is 1. The van der Waals surface area contributed by atoms with Crippen LogP contribution in [0, 0.1) is 0 Å². The van der Waals surface area contributed by atoms with Gasteiger partial charge in [0, 0.05) is 30.6 Å². The number of nitrogens with zero attached hydrogens (tertiary/aromatic N) is 2. The van der Waals surface area contributed by atoms with E-state index in [0.717, 1.165) is 64.0 Å². The van der Waals surface area contributed by atoms with Crippen molar-refractivity contribution in [2.24, 2.45) is 0 Å². The highest BCUT2D eigenvalue weighted by Gasteiger charge is 2.28. The van der Waals surface area contributed by atoms with Crippen LogP contribution in [0.5, 0.6) is 34.5 Å². The molecule has 5 aromatic rings. The number of hydrogen-bond acceptors (Lipinski definition) is 7. The van der Waals surface area contributed by atoms with Gasteiger partial charge in [-0.15, -0.1) is 0 Å². The Labute approximate surface area is 251 Å². The summed E-state index contributed by atoms with van der Waals surface area (Å²) in [5, 5.41) is 12.8. The normalized spacial score (nSPS) is 16.4. The van der Waals surface area contributed by atoms with Gasteiger partial charge < -0.3 is 24.1 Å². The lowest BCUT2D eigenvalue weighted by Gasteiger charge is -2.35. The fourth-order valence-corrected chi connectivity index (χ4v) is 6.21. The molecule has 0 fully saturated rings. The summed E-state index contributed by atoms with van der Waals surface area (Å²) in [6.45, 7) is 1.36. The van der Waals surface area contributed by atoms with Crippen molar-refractivity contribution in [2.75, 3.05) is 27.8 Å². The monoisotopic (exact) mass is 574 g/mol. The first-order valence-corrected chi connectivity index (χ1v) is 14.6. The van der Waals surface area contributed by atoms with Crippen LogP contribution >= 0.6 is 0 Å². The lowest BCUT2D eigenvalue weighted by Crippen LogP contribution is -2.33. The van der Waals surface area contributed by atoms with Crippen LogP contribution in [-0.4, -0.2) is 42.8 Å². The highest BCUT2D eigenvalue weighted by molar-refractivity contribution is 5.88. The summed E-state index contributed by atoms with van der Waals surface area (Å²) >= 11 is 0. The number of rotatable bonds is 2. The van der Waals surface area contributed by atoms with Crippen LogP contribution in [0.3, 0.4) is 0 Å². The summed E-state index contributed by atoms with van der Waals surface area (Å²) in [6, 6.07) is 24.3. The molecule has 218 valence electrons. The van der Waals surface area contributed by atoms with Gasteiger partial charge in [0.2, 0.25) is 0 Å². The Hall–Kier alpha value is -4.75. The zero-order valence-corrected chi connectivity index (χ0v) is 24.6. The van der Waals surface area contributed by atoms with Gasteiger partial charge in [-0.1, -0.05) is 30.3 Å². The fourth-order valence-electron chi connectivity index (χ4n) is 6.21. The Morgan fingerprint density at radius 1 is 0.837 bits per heavy atom. The van der Waals surface area contributed by atoms with Crippen molar-refractivity contribution >= 4 is 10.8 Å². The first kappa shape index (κ1) is 27.1. The molecule has 1 atom stereocenters. The van der Waals surface area contributed by atoms with Gasteiger partial charge in [0.15, 0.2) is 34.5 Å². The zero-order chi connectivity index (χ0) is 29.5. The van der Waals surface area contributed by atoms with E-state index in [9.17, 15) is 5.11 Å². The van der Waals surface area contributed by atoms with Crippen LogP contribution in [0.2, 0.25) is 0 Å². The molecule has 3 aliphatic heterocycles. The highest BCUT2D eigenvalue weighted by Crippen LogP contribution is 2.42. The number of pyridine rings is 1. The molecule has 0 saturated heterocycles. The number of benzene rings is 4. The predicted molar refractivity (Wildman–Crippen MR) is 166 cm³/mol. The molecule has 1 unspecified atom stereocenters. The average molecular weight is 575 g/mol. The largest absolute Gasteiger partial charge is 0.504 e. The van der Waals surface area contributed by atoms with Gasteiger partial charge in [-0.3, -0.25) is 9.88 Å². The van der Waals surface area contributed by atoms with Crippen LogP contribution in [0.1, 0.15) is 39.6 Å². The Balaban J connectivity index is 1.38. The fraction of sp³-hybridized carbons (Fsp3) is 0.250. The van der Waals surface area contributed by atoms with Gasteiger partial charge in [0.25, 0.3) is 0 Å². The van der Waals surface area contributed by atoms with Crippen molar-refractivity contribution in [3.8, 4) is 34.5 Å². The SMILES string of the molecule is COc1cc2c3cc1OCc1ccc(cc1)Cc1nccc4cc(OC)c(cc14)Oc1cc(ccc1O)CC3N(C)CC2. The molecule has 4 heterocycles. The molecule has 7 heteroatoms. The number of ether oxygens (including phenoxy) is 4. The summed E-state index contributed by atoms with van der Waals surface area (Å²) < 4.78 is 24.2. The van der Waals surface area contributed by atoms with E-state index in [1.165, 1.54) is 11.1 Å². The molecule has 0 saturated carbocycles. The molecular weight excluding hydrogens is 540 g/mol. The van der Waals surface area contributed by atoms with E-state index in [1.54, 1.807) is 20.3 Å². The maximum atomic E-state index is 10.9. The minimum Gasteiger partial charge on any atom is -0.504 e. The van der Waals surface area contributed by atoms with E-state index in [1.807, 2.05) is 36.5 Å². The van der Waals surface area contributed by atoms with Crippen LogP contribution < -0.4 is 18.9 Å². The number of aromatic nitrogens is 1. The minimum atomic E-state index is 0.0670. The van der Waals surface area contributed by atoms with Crippen LogP contribution in [0.4, 0.5) is 0 Å². The summed E-state index contributed by atoms with van der Waals surface area (Å²) in [7, 11) is 5.47. The van der Waals surface area contributed by atoms with E-state index >= 15 is 0 Å². The third-order valence-electron chi connectivity index (χ3n) is 8.64. The molecule has 7 nitrogen and oxygen atoms in total. The van der Waals surface area contributed by atoms with Gasteiger partial charge in [0.1, 0.15) is 6.61 Å². The van der Waals surface area contributed by atoms with Crippen molar-refractivity contribution in [1.82, 2.24) is 9.88 Å². The summed E-state index contributed by atoms with van der Waals surface area (Å²) in [4.78, 5) is 7.10. The van der Waals surface area contributed by atoms with E-state index in [4.69, 9.17) is 23.9 Å². The lowest BCUT2D eigenvalue weighted by molar-refractivity contribution is 0.226. The predicted octanol–water partition coefficient (Wildman–Crippen LogP) is 7.00. The smallest absolute Gasteiger partial charge is 0.170 e. The topological polar surface area (TPSA) is 73.3 Å². The third-order valence-corrected chi connectivity index (χ3v) is 8.64. The Morgan fingerprint density at radius 2 is 1.60 bits per heavy atom. The maximum Gasteiger partial charge on any atom is 0.170 e. The summed E-state index contributed by atoms with van der Waals surface area (Å²) in [5.74, 6) is 3.03. The zero-order valence-electron chi connectivity index (χ0n) is 24.6. The number of fused-ring (bicyclic) bond motifs is 3. The second kappa shape index (κ2) is 11.2. The van der Waals surface area contributed by atoms with E-state index in [2.05, 4.69) is 48.3 Å². The van der Waals surface area contributed by atoms with Crippen molar-refractivity contribution in [1.29, 1.82) is 0 Å². The standard InChI is InChI=1S/C36H34N2O5/c1-38-13-11-26-18-33(40-2)35-20-28(26)30(38)15-24-8-9-31(39)32(16-24)43-36-19-27-25(17-34(36)41-3)10-12-37-29(27)14-22-4-6-23(7-5-22)21-42-35/h4-10,12,16-20,30,39H,11,13-15,21H2,1-3H3. The first-order chi connectivity index (χ1) is 21.0. The van der Waals surface area contributed by atoms with Crippen molar-refractivity contribution in [3.05, 3.63) is 113 Å². The second-order valence-corrected chi connectivity index (χ2v) is 11.3. The van der Waals surface area contributed by atoms with E-state index in [0.29, 0.717) is 30.3 Å². The molecule has 8 bridgehead atoms. The lowest BCUT2D eigenvalue weighted by atomic mass is 9.88. The van der Waals surface area contributed by atoms with Crippen LogP contribution in [0.15, 0.2) is 79.0 Å². The quantitative estimate of drug-likeness (QED) is 0.243. The summed E-state index contributed by atoms with van der Waals surface area (Å²) in [5.41, 5.74) is 6.68. The van der Waals surface area contributed by atoms with Crippen LogP contribution in [-0.2, 0) is 25.9 Å². The van der Waals surface area contributed by atoms with Gasteiger partial charge in [-0.25, -0.2) is 0 Å². The van der Waals surface area contributed by atoms with E-state index in [-0.39, 0.29) is 11.8 Å². The molecule has 0 aliphatic carbocycles. The number of hydrogen-bond donors (Lipinski definition) is 1. The van der Waals surface area contributed by atoms with Gasteiger partial charge in [-0.2, -0.15) is 0 Å². The number of phenolic OH excluding ortho intramolecular Hbond substituents is 1. The molecule has 8 rings (SSSR count). The third kappa shape index (κ3) is 5.21. The maximum absolute atomic E-state index is 10.9. The van der Waals surface area contributed by atoms with Gasteiger partial charge in [0.05, 0.1) is 19.9 Å². The number of aromatic hydroxyl groups is 1. The number of phenols is 1. The molecule has 4 aromatic carbocycles. The van der Waals surface area contributed by atoms with Crippen molar-refractivity contribution in [3.63, 3.8) is 0 Å². The average Bonchev–Trinajstić information content (AvgIpc) is 3.02. The molecule has 1 N–H and O–H groups in total. The Kier molecular flexibility index (Phi) is 7.03. The minimum absolute atomic E-state index is 0.0670. The first-order valence-electron chi connectivity index (χ1n) is 14.6. The molecule has 0 amide bonds. The van der Waals surface area contributed by atoms with Gasteiger partial charge >= 0.3 is 0 Å². The molecule has 3 aliphatic rings. The molecule has 0 spiro atoms. The summed E-state index contributed by atoms with van der Waals surface area (Å²) in [6.07, 6.45) is 4.14. The van der Waals surface area contributed by atoms with Crippen LogP contribution in [0.25, 0.3) is 10.8 Å². The molecular formula is C36H34N2O5. The van der Waals surface area contributed by atoms with E-state index < -0.39 is 0 Å². The molecule has 1 aromatic heterocycles.